The standard InChI is InChI=1S/C9H12N2S.C7H8N2S.C5H12N2S.C4H8N2S.C3H6N2S.C3H8N2S.C2H6N2S.14CH4.7Y/c1-2-10-9(12)11-8-6-4-3-5-7-8;8-7(10)9-6-4-2-1-3-5-6;1-4-6-5(8)7(2)3;7-4-5-2-1-3-6-4;6-3-4-1-2-5-3;1-4-3(6)5-2;1-4-2(3)5;;;;;;;;;;;;;;;;;;;;;/h3-7H,2H2,1H3,(H2,10,11,12);1-5H,(H3,8,9,10);4H2,1-3H3,(H,6,8);1-3H2,(H2,5,6,7);1-2H2,(H2,4,5,6);1-2H3,(H2,4,5,6);1H3,(H3,3,4,5);14*1H4;;;;;;;/p-7. The number of benzene rings is 2. The molecule has 75 heavy (non-hydrogen) atoms. The molecule has 437 valence electrons. The van der Waals surface area contributed by atoms with E-state index in [1.807, 2.05) is 93.5 Å². The fourth-order valence-electron chi connectivity index (χ4n) is 2.73. The molecule has 0 saturated heterocycles. The molecular weight excluding hydrogens is 1610 g/mol. The van der Waals surface area contributed by atoms with Gasteiger partial charge in [-0.15, -0.1) is 0 Å². The van der Waals surface area contributed by atoms with Crippen molar-refractivity contribution in [2.24, 2.45) is 46.4 Å². The number of aliphatic imine (C=N–C) groups is 7. The summed E-state index contributed by atoms with van der Waals surface area (Å²) in [4.78, 5) is 28.5. The summed E-state index contributed by atoms with van der Waals surface area (Å²) < 4.78 is 0. The zero-order valence-corrected chi connectivity index (χ0v) is 61.4. The molecule has 0 aliphatic carbocycles. The number of para-hydroxylation sites is 2. The van der Waals surface area contributed by atoms with E-state index in [0.717, 1.165) is 57.1 Å². The molecule has 0 amide bonds. The fraction of sp³-hybridized carbons (Fsp3) is 0.596. The van der Waals surface area contributed by atoms with Crippen LogP contribution in [0.5, 0.6) is 0 Å². The molecule has 0 atom stereocenters. The van der Waals surface area contributed by atoms with Crippen molar-refractivity contribution in [1.82, 2.24) is 20.9 Å². The fourth-order valence-corrected chi connectivity index (χ4v) is 3.60. The SMILES string of the molecule is C.C.C.C.C.C.C.C.C.C.C.C.C.C.CCN=C([S-])N(C)C.CCN=C([S-])Nc1ccccc1.CN=C(N)[S-].CN=C([S-])NC.NC([S-])=Nc1ccccc1.[S-]C1=NCCCN1.[S-]C1=NCCN1.[Y].[Y].[Y].[Y].[Y].[Y].[Y]. The van der Waals surface area contributed by atoms with Crippen molar-refractivity contribution in [2.75, 3.05) is 79.8 Å². The molecule has 8 N–H and O–H groups in total. The smallest absolute Gasteiger partial charge is 0.0628 e. The Morgan fingerprint density at radius 2 is 0.920 bits per heavy atom. The van der Waals surface area contributed by atoms with E-state index in [0.29, 0.717) is 25.8 Å². The normalized spacial score (nSPS) is 9.72. The Kier molecular flexibility index (Phi) is 255. The van der Waals surface area contributed by atoms with Crippen LogP contribution in [-0.4, -0.2) is 116 Å². The molecule has 0 unspecified atom stereocenters. The van der Waals surface area contributed by atoms with Crippen molar-refractivity contribution in [3.8, 4) is 0 Å². The molecule has 2 aromatic rings. The van der Waals surface area contributed by atoms with Crippen LogP contribution in [0.25, 0.3) is 0 Å². The number of nitrogens with one attached hydrogen (secondary N) is 4. The van der Waals surface area contributed by atoms with E-state index in [4.69, 9.17) is 49.4 Å². The third-order valence-electron chi connectivity index (χ3n) is 5.15. The van der Waals surface area contributed by atoms with Gasteiger partial charge in [0.15, 0.2) is 0 Å². The van der Waals surface area contributed by atoms with Gasteiger partial charge in [-0.2, -0.15) is 0 Å². The van der Waals surface area contributed by atoms with E-state index in [2.05, 4.69) is 107 Å². The largest absolute Gasteiger partial charge is 0.743 e. The molecule has 7 radical (unpaired) electrons. The molecule has 0 bridgehead atoms. The van der Waals surface area contributed by atoms with Gasteiger partial charge in [-0.1, -0.05) is 140 Å². The first-order chi connectivity index (χ1) is 25.7. The topological polar surface area (TPSA) is 190 Å². The predicted octanol–water partition coefficient (Wildman–Crippen LogP) is 11.2. The van der Waals surface area contributed by atoms with Gasteiger partial charge in [0.05, 0.1) is 12.2 Å². The summed E-state index contributed by atoms with van der Waals surface area (Å²) in [6.07, 6.45) is 1.13. The van der Waals surface area contributed by atoms with E-state index >= 15 is 0 Å². The van der Waals surface area contributed by atoms with Crippen LogP contribution in [0.2, 0.25) is 0 Å². The summed E-state index contributed by atoms with van der Waals surface area (Å²) in [6, 6.07) is 19.2. The molecule has 4 rings (SSSR count). The van der Waals surface area contributed by atoms with Crippen LogP contribution in [0.1, 0.15) is 124 Å². The number of hydrogen-bond donors (Lipinski definition) is 6. The van der Waals surface area contributed by atoms with Crippen LogP contribution >= 0.6 is 0 Å². The van der Waals surface area contributed by atoms with Gasteiger partial charge < -0.3 is 136 Å². The minimum Gasteiger partial charge on any atom is -0.743 e. The molecule has 0 aromatic heterocycles. The average molecular weight is 1720 g/mol. The Morgan fingerprint density at radius 3 is 1.12 bits per heavy atom. The third-order valence-corrected chi connectivity index (χ3v) is 7.08. The van der Waals surface area contributed by atoms with Gasteiger partial charge in [-0.05, 0) is 80.7 Å². The maximum absolute atomic E-state index is 5.19. The Hall–Kier alpha value is 4.00. The van der Waals surface area contributed by atoms with Gasteiger partial charge in [0.25, 0.3) is 0 Å². The minimum atomic E-state index is 0. The summed E-state index contributed by atoms with van der Waals surface area (Å²) >= 11 is 32.6. The second-order valence-electron chi connectivity index (χ2n) is 9.63. The Balaban J connectivity index is -0.0000000178. The number of hydrogen-bond acceptors (Lipinski definition) is 16. The Morgan fingerprint density at radius 1 is 0.560 bits per heavy atom. The maximum Gasteiger partial charge on any atom is 0.0628 e. The number of anilines is 1. The molecule has 2 aromatic carbocycles. The minimum absolute atomic E-state index is 0. The Bertz CT molecular complexity index is 1460. The number of nitrogens with zero attached hydrogens (tertiary/aromatic N) is 8. The van der Waals surface area contributed by atoms with Gasteiger partial charge in [0, 0.05) is 303 Å². The van der Waals surface area contributed by atoms with E-state index in [1.165, 1.54) is 0 Å². The molecule has 2 aliphatic rings. The second-order valence-corrected chi connectivity index (χ2v) is 12.4. The molecule has 0 spiro atoms. The predicted molar refractivity (Wildman–Crippen MR) is 348 cm³/mol. The average Bonchev–Trinajstić information content (AvgIpc) is 3.64. The first-order valence-electron chi connectivity index (χ1n) is 16.3. The quantitative estimate of drug-likeness (QED) is 0.0963. The van der Waals surface area contributed by atoms with Crippen molar-refractivity contribution in [3.05, 3.63) is 60.7 Å². The zero-order chi connectivity index (χ0) is 41.6. The monoisotopic (exact) mass is 1720 g/mol. The van der Waals surface area contributed by atoms with Crippen LogP contribution in [0.3, 0.4) is 0 Å². The number of nitrogens with two attached hydrogens (primary N) is 2. The molecular formula is C47H109N14S7Y7-7. The molecule has 14 nitrogen and oxygen atoms in total. The first-order valence-corrected chi connectivity index (χ1v) is 19.1. The summed E-state index contributed by atoms with van der Waals surface area (Å²) in [6.45, 7) is 9.12. The number of amidine groups is 7. The van der Waals surface area contributed by atoms with Crippen molar-refractivity contribution < 1.29 is 229 Å². The molecule has 2 aliphatic heterocycles. The van der Waals surface area contributed by atoms with Gasteiger partial charge in [0.2, 0.25) is 0 Å². The second kappa shape index (κ2) is 120. The van der Waals surface area contributed by atoms with Crippen LogP contribution in [0.15, 0.2) is 95.6 Å². The van der Waals surface area contributed by atoms with Crippen molar-refractivity contribution in [2.45, 2.75) is 124 Å². The van der Waals surface area contributed by atoms with E-state index in [-0.39, 0.29) is 343 Å². The number of rotatable bonds is 4. The Labute approximate surface area is 684 Å². The summed E-state index contributed by atoms with van der Waals surface area (Å²) in [5.74, 6) is 0. The summed E-state index contributed by atoms with van der Waals surface area (Å²) in [5.41, 5.74) is 11.8. The summed E-state index contributed by atoms with van der Waals surface area (Å²) in [5, 5.41) is 15.0. The van der Waals surface area contributed by atoms with Gasteiger partial charge in [-0.3, -0.25) is 25.0 Å². The van der Waals surface area contributed by atoms with Crippen LogP contribution in [-0.2, 0) is 317 Å². The molecule has 0 fully saturated rings. The van der Waals surface area contributed by atoms with Crippen LogP contribution in [0.4, 0.5) is 11.4 Å². The van der Waals surface area contributed by atoms with E-state index in [9.17, 15) is 0 Å². The molecule has 0 saturated carbocycles. The van der Waals surface area contributed by atoms with E-state index in [1.54, 1.807) is 21.1 Å². The van der Waals surface area contributed by atoms with Crippen molar-refractivity contribution in [3.63, 3.8) is 0 Å². The molecule has 2 heterocycles. The van der Waals surface area contributed by atoms with Crippen LogP contribution < -0.4 is 32.7 Å². The van der Waals surface area contributed by atoms with Crippen molar-refractivity contribution in [1.29, 1.82) is 0 Å². The third kappa shape index (κ3) is 129. The van der Waals surface area contributed by atoms with Gasteiger partial charge >= 0.3 is 0 Å². The molecule has 28 heteroatoms. The maximum atomic E-state index is 5.19. The summed E-state index contributed by atoms with van der Waals surface area (Å²) in [7, 11) is 8.74. The zero-order valence-electron chi connectivity index (χ0n) is 35.9. The first kappa shape index (κ1) is 159. The van der Waals surface area contributed by atoms with Gasteiger partial charge in [-0.25, -0.2) is 0 Å². The van der Waals surface area contributed by atoms with E-state index < -0.39 is 0 Å². The van der Waals surface area contributed by atoms with Crippen LogP contribution in [0, 0.1) is 0 Å². The van der Waals surface area contributed by atoms with Gasteiger partial charge in [0.1, 0.15) is 0 Å². The van der Waals surface area contributed by atoms with Crippen molar-refractivity contribution >= 4 is 136 Å².